The fourth-order valence-electron chi connectivity index (χ4n) is 2.99. The minimum absolute atomic E-state index is 0.132. The zero-order valence-corrected chi connectivity index (χ0v) is 19.3. The maximum Gasteiger partial charge on any atom is 0.343 e. The highest BCUT2D eigenvalue weighted by Gasteiger charge is 2.11. The van der Waals surface area contributed by atoms with Gasteiger partial charge in [-0.3, -0.25) is 25.2 Å². The second kappa shape index (κ2) is 11.9. The zero-order valence-electron chi connectivity index (χ0n) is 19.3. The van der Waals surface area contributed by atoms with Gasteiger partial charge in [0.2, 0.25) is 5.91 Å². The van der Waals surface area contributed by atoms with Crippen LogP contribution in [0.3, 0.4) is 0 Å². The Morgan fingerprint density at radius 3 is 2.31 bits per heavy atom. The van der Waals surface area contributed by atoms with Gasteiger partial charge in [-0.2, -0.15) is 0 Å². The number of para-hydroxylation sites is 1. The summed E-state index contributed by atoms with van der Waals surface area (Å²) in [7, 11) is 0. The smallest absolute Gasteiger partial charge is 0.343 e. The summed E-state index contributed by atoms with van der Waals surface area (Å²) < 4.78 is 5.50. The van der Waals surface area contributed by atoms with E-state index in [1.165, 1.54) is 24.3 Å². The van der Waals surface area contributed by atoms with Crippen LogP contribution in [0.1, 0.15) is 45.2 Å². The Morgan fingerprint density at radius 1 is 0.857 bits per heavy atom. The molecule has 3 aromatic rings. The number of amides is 3. The number of hydrogen-bond donors (Lipinski definition) is 3. The molecule has 8 heteroatoms. The van der Waals surface area contributed by atoms with Crippen molar-refractivity contribution in [2.45, 2.75) is 20.3 Å². The lowest BCUT2D eigenvalue weighted by Gasteiger charge is -2.08. The van der Waals surface area contributed by atoms with E-state index in [4.69, 9.17) is 4.74 Å². The van der Waals surface area contributed by atoms with Gasteiger partial charge in [0.15, 0.2) is 0 Å². The van der Waals surface area contributed by atoms with Crippen LogP contribution in [0, 0.1) is 6.92 Å². The molecular formula is C27H25N3O5. The Morgan fingerprint density at radius 2 is 1.60 bits per heavy atom. The molecule has 0 spiro atoms. The molecule has 0 aliphatic carbocycles. The maximum absolute atomic E-state index is 12.5. The summed E-state index contributed by atoms with van der Waals surface area (Å²) in [6.45, 7) is 3.62. The molecule has 0 saturated carbocycles. The Bertz CT molecular complexity index is 1270. The number of hydrogen-bond acceptors (Lipinski definition) is 5. The molecule has 0 atom stereocenters. The summed E-state index contributed by atoms with van der Waals surface area (Å²) in [5, 5.41) is 2.69. The van der Waals surface area contributed by atoms with E-state index in [2.05, 4.69) is 16.2 Å². The van der Waals surface area contributed by atoms with Crippen molar-refractivity contribution in [1.82, 2.24) is 10.9 Å². The molecule has 0 aliphatic heterocycles. The Balaban J connectivity index is 1.57. The molecule has 3 N–H and O–H groups in total. The maximum atomic E-state index is 12.5. The fraction of sp³-hybridized carbons (Fsp3) is 0.111. The van der Waals surface area contributed by atoms with E-state index in [1.807, 2.05) is 13.0 Å². The first-order chi connectivity index (χ1) is 16.9. The molecule has 0 fully saturated rings. The molecule has 0 unspecified atom stereocenters. The van der Waals surface area contributed by atoms with Gasteiger partial charge in [0.05, 0.1) is 5.56 Å². The first kappa shape index (κ1) is 24.9. The van der Waals surface area contributed by atoms with Gasteiger partial charge in [-0.05, 0) is 55.5 Å². The van der Waals surface area contributed by atoms with Crippen LogP contribution in [0.4, 0.5) is 5.69 Å². The third kappa shape index (κ3) is 7.40. The van der Waals surface area contributed by atoms with Gasteiger partial charge in [-0.1, -0.05) is 42.8 Å². The average molecular weight is 472 g/mol. The van der Waals surface area contributed by atoms with E-state index >= 15 is 0 Å². The predicted molar refractivity (Wildman–Crippen MR) is 133 cm³/mol. The summed E-state index contributed by atoms with van der Waals surface area (Å²) in [6, 6.07) is 20.1. The van der Waals surface area contributed by atoms with Crippen molar-refractivity contribution in [3.8, 4) is 5.75 Å². The van der Waals surface area contributed by atoms with Gasteiger partial charge in [0, 0.05) is 29.3 Å². The quantitative estimate of drug-likeness (QED) is 0.208. The summed E-state index contributed by atoms with van der Waals surface area (Å²) >= 11 is 0. The molecule has 3 aromatic carbocycles. The molecule has 0 radical (unpaired) electrons. The number of aryl methyl sites for hydroxylation is 1. The Labute approximate surface area is 203 Å². The number of anilines is 1. The Hall–Kier alpha value is -4.72. The van der Waals surface area contributed by atoms with Gasteiger partial charge in [-0.25, -0.2) is 4.79 Å². The largest absolute Gasteiger partial charge is 0.422 e. The van der Waals surface area contributed by atoms with Crippen LogP contribution in [0.5, 0.6) is 5.75 Å². The summed E-state index contributed by atoms with van der Waals surface area (Å²) in [5.74, 6) is -1.45. The standard InChI is InChI=1S/C27H25N3O5/c1-3-24(31)28-22-14-11-20(12-15-22)26(33)30-29-25(32)16-13-19-8-4-5-10-23(19)35-27(34)21-9-6-7-18(2)17-21/h4-17H,3H2,1-2H3,(H,28,31)(H,29,32)(H,30,33)/b16-13+. The first-order valence-corrected chi connectivity index (χ1v) is 10.9. The van der Waals surface area contributed by atoms with Crippen molar-refractivity contribution in [1.29, 1.82) is 0 Å². The van der Waals surface area contributed by atoms with Crippen LogP contribution in [-0.2, 0) is 9.59 Å². The lowest BCUT2D eigenvalue weighted by molar-refractivity contribution is -0.117. The number of rotatable bonds is 7. The minimum atomic E-state index is -0.579. The summed E-state index contributed by atoms with van der Waals surface area (Å²) in [4.78, 5) is 48.3. The van der Waals surface area contributed by atoms with Crippen LogP contribution in [0.2, 0.25) is 0 Å². The topological polar surface area (TPSA) is 114 Å². The van der Waals surface area contributed by atoms with E-state index in [9.17, 15) is 19.2 Å². The van der Waals surface area contributed by atoms with Crippen LogP contribution in [0.25, 0.3) is 6.08 Å². The second-order valence-corrected chi connectivity index (χ2v) is 7.55. The van der Waals surface area contributed by atoms with Crippen molar-refractivity contribution >= 4 is 35.5 Å². The molecule has 178 valence electrons. The number of benzene rings is 3. The highest BCUT2D eigenvalue weighted by atomic mass is 16.5. The zero-order chi connectivity index (χ0) is 25.2. The molecular weight excluding hydrogens is 446 g/mol. The van der Waals surface area contributed by atoms with Gasteiger partial charge in [-0.15, -0.1) is 0 Å². The van der Waals surface area contributed by atoms with Crippen molar-refractivity contribution in [3.05, 3.63) is 101 Å². The normalized spacial score (nSPS) is 10.5. The first-order valence-electron chi connectivity index (χ1n) is 10.9. The van der Waals surface area contributed by atoms with Crippen LogP contribution in [0.15, 0.2) is 78.9 Å². The van der Waals surface area contributed by atoms with Crippen molar-refractivity contribution < 1.29 is 23.9 Å². The molecule has 0 heterocycles. The lowest BCUT2D eigenvalue weighted by Crippen LogP contribution is -2.40. The summed E-state index contributed by atoms with van der Waals surface area (Å²) in [5.41, 5.74) is 7.36. The highest BCUT2D eigenvalue weighted by Crippen LogP contribution is 2.21. The summed E-state index contributed by atoms with van der Waals surface area (Å²) in [6.07, 6.45) is 3.04. The molecule has 0 bridgehead atoms. The lowest BCUT2D eigenvalue weighted by atomic mass is 10.1. The van der Waals surface area contributed by atoms with E-state index in [0.717, 1.165) is 5.56 Å². The SMILES string of the molecule is CCC(=O)Nc1ccc(C(=O)NNC(=O)/C=C/c2ccccc2OC(=O)c2cccc(C)c2)cc1. The van der Waals surface area contributed by atoms with Gasteiger partial charge in [0.1, 0.15) is 5.75 Å². The molecule has 0 aliphatic rings. The molecule has 35 heavy (non-hydrogen) atoms. The van der Waals surface area contributed by atoms with E-state index in [0.29, 0.717) is 34.5 Å². The van der Waals surface area contributed by atoms with E-state index in [1.54, 1.807) is 61.5 Å². The fourth-order valence-corrected chi connectivity index (χ4v) is 2.99. The van der Waals surface area contributed by atoms with Gasteiger partial charge in [0.25, 0.3) is 11.8 Å². The molecule has 8 nitrogen and oxygen atoms in total. The number of nitrogens with one attached hydrogen (secondary N) is 3. The van der Waals surface area contributed by atoms with Gasteiger partial charge < -0.3 is 10.1 Å². The van der Waals surface area contributed by atoms with Crippen molar-refractivity contribution in [2.24, 2.45) is 0 Å². The number of ether oxygens (including phenoxy) is 1. The molecule has 3 rings (SSSR count). The predicted octanol–water partition coefficient (Wildman–Crippen LogP) is 4.04. The van der Waals surface area contributed by atoms with Crippen LogP contribution < -0.4 is 20.9 Å². The van der Waals surface area contributed by atoms with Crippen molar-refractivity contribution in [2.75, 3.05) is 5.32 Å². The minimum Gasteiger partial charge on any atom is -0.422 e. The number of carbonyl (C=O) groups excluding carboxylic acids is 4. The number of hydrazine groups is 1. The van der Waals surface area contributed by atoms with E-state index in [-0.39, 0.29) is 5.91 Å². The van der Waals surface area contributed by atoms with E-state index < -0.39 is 17.8 Å². The third-order valence-electron chi connectivity index (χ3n) is 4.84. The number of carbonyl (C=O) groups is 4. The molecule has 0 aromatic heterocycles. The van der Waals surface area contributed by atoms with Crippen LogP contribution >= 0.6 is 0 Å². The number of esters is 1. The van der Waals surface area contributed by atoms with Gasteiger partial charge >= 0.3 is 5.97 Å². The second-order valence-electron chi connectivity index (χ2n) is 7.55. The average Bonchev–Trinajstić information content (AvgIpc) is 2.87. The Kier molecular flexibility index (Phi) is 8.50. The monoisotopic (exact) mass is 471 g/mol. The molecule has 3 amide bonds. The molecule has 0 saturated heterocycles. The van der Waals surface area contributed by atoms with Crippen LogP contribution in [-0.4, -0.2) is 23.7 Å². The van der Waals surface area contributed by atoms with Crippen molar-refractivity contribution in [3.63, 3.8) is 0 Å². The third-order valence-corrected chi connectivity index (χ3v) is 4.84. The highest BCUT2D eigenvalue weighted by molar-refractivity contribution is 5.99.